The van der Waals surface area contributed by atoms with E-state index in [9.17, 15) is 10.2 Å². The second-order valence-electron chi connectivity index (χ2n) is 8.14. The van der Waals surface area contributed by atoms with Crippen LogP contribution in [0.5, 0.6) is 5.75 Å². The number of fused-ring (bicyclic) bond motifs is 1. The van der Waals surface area contributed by atoms with Crippen LogP contribution in [0, 0.1) is 6.92 Å². The van der Waals surface area contributed by atoms with Crippen molar-refractivity contribution in [2.45, 2.75) is 32.8 Å². The maximum atomic E-state index is 10.3. The number of aryl methyl sites for hydroxylation is 1. The number of aromatic hydroxyl groups is 1. The third-order valence-electron chi connectivity index (χ3n) is 5.74. The Labute approximate surface area is 177 Å². The lowest BCUT2D eigenvalue weighted by Gasteiger charge is -2.36. The highest BCUT2D eigenvalue weighted by molar-refractivity contribution is 5.92. The Morgan fingerprint density at radius 2 is 1.80 bits per heavy atom. The second-order valence-corrected chi connectivity index (χ2v) is 8.14. The molecule has 4 rings (SSSR count). The van der Waals surface area contributed by atoms with Gasteiger partial charge in [0.2, 0.25) is 0 Å². The minimum absolute atomic E-state index is 0.185. The minimum atomic E-state index is -0.253. The Morgan fingerprint density at radius 3 is 2.53 bits per heavy atom. The molecule has 1 fully saturated rings. The summed E-state index contributed by atoms with van der Waals surface area (Å²) in [7, 11) is 0. The Hall–Kier alpha value is -2.70. The molecule has 6 nitrogen and oxygen atoms in total. The first-order valence-electron chi connectivity index (χ1n) is 10.8. The van der Waals surface area contributed by atoms with Gasteiger partial charge in [0.15, 0.2) is 5.82 Å². The van der Waals surface area contributed by atoms with Crippen LogP contribution in [0.3, 0.4) is 0 Å². The van der Waals surface area contributed by atoms with Gasteiger partial charge in [0.1, 0.15) is 11.6 Å². The molecule has 1 aromatic heterocycles. The quantitative estimate of drug-likeness (QED) is 0.652. The number of para-hydroxylation sites is 1. The molecule has 158 valence electrons. The number of aliphatic hydroxyl groups excluding tert-OH is 1. The first-order chi connectivity index (χ1) is 14.5. The fourth-order valence-corrected chi connectivity index (χ4v) is 4.11. The molecular weight excluding hydrogens is 376 g/mol. The number of hydrogen-bond acceptors (Lipinski definition) is 6. The fourth-order valence-electron chi connectivity index (χ4n) is 4.11. The lowest BCUT2D eigenvalue weighted by Crippen LogP contribution is -2.49. The number of phenols is 1. The fraction of sp³-hybridized carbons (Fsp3) is 0.417. The summed E-state index contributed by atoms with van der Waals surface area (Å²) < 4.78 is 0. The molecule has 6 heteroatoms. The van der Waals surface area contributed by atoms with Gasteiger partial charge in [0.25, 0.3) is 0 Å². The number of benzene rings is 2. The number of anilines is 1. The van der Waals surface area contributed by atoms with Crippen molar-refractivity contribution in [2.75, 3.05) is 37.6 Å². The van der Waals surface area contributed by atoms with E-state index < -0.39 is 0 Å². The van der Waals surface area contributed by atoms with Gasteiger partial charge in [-0.25, -0.2) is 9.97 Å². The topological polar surface area (TPSA) is 72.7 Å². The van der Waals surface area contributed by atoms with Gasteiger partial charge in [-0.1, -0.05) is 31.5 Å². The zero-order valence-electron chi connectivity index (χ0n) is 17.8. The van der Waals surface area contributed by atoms with E-state index in [0.717, 1.165) is 67.8 Å². The van der Waals surface area contributed by atoms with Crippen molar-refractivity contribution in [3.8, 4) is 17.1 Å². The third kappa shape index (κ3) is 4.40. The van der Waals surface area contributed by atoms with Gasteiger partial charge in [-0.3, -0.25) is 4.90 Å². The number of nitrogens with zero attached hydrogens (tertiary/aromatic N) is 4. The van der Waals surface area contributed by atoms with Gasteiger partial charge in [-0.15, -0.1) is 0 Å². The molecule has 1 unspecified atom stereocenters. The Bertz CT molecular complexity index is 1020. The van der Waals surface area contributed by atoms with Crippen molar-refractivity contribution in [3.63, 3.8) is 0 Å². The van der Waals surface area contributed by atoms with Crippen LogP contribution in [0.2, 0.25) is 0 Å². The van der Waals surface area contributed by atoms with Crippen molar-refractivity contribution in [2.24, 2.45) is 0 Å². The maximum absolute atomic E-state index is 10.3. The molecule has 1 saturated heterocycles. The van der Waals surface area contributed by atoms with Crippen molar-refractivity contribution in [1.29, 1.82) is 0 Å². The van der Waals surface area contributed by atoms with Crippen LogP contribution in [0.1, 0.15) is 25.3 Å². The molecule has 1 aliphatic rings. The summed E-state index contributed by atoms with van der Waals surface area (Å²) >= 11 is 0. The average Bonchev–Trinajstić information content (AvgIpc) is 2.74. The standard InChI is InChI=1S/C24H30N4O2/c1-3-6-18(29)16-27-11-13-28(14-12-27)24-19-10-9-17(2)15-21(19)25-23(26-24)20-7-4-5-8-22(20)30/h4-5,7-10,15,18,29-30H,3,6,11-14,16H2,1-2H3. The Morgan fingerprint density at radius 1 is 1.03 bits per heavy atom. The van der Waals surface area contributed by atoms with Gasteiger partial charge < -0.3 is 15.1 Å². The van der Waals surface area contributed by atoms with Crippen LogP contribution >= 0.6 is 0 Å². The predicted molar refractivity (Wildman–Crippen MR) is 121 cm³/mol. The van der Waals surface area contributed by atoms with E-state index in [1.165, 1.54) is 0 Å². The Kier molecular flexibility index (Phi) is 6.16. The first-order valence-corrected chi connectivity index (χ1v) is 10.8. The van der Waals surface area contributed by atoms with Gasteiger partial charge >= 0.3 is 0 Å². The molecule has 2 heterocycles. The Balaban J connectivity index is 1.64. The van der Waals surface area contributed by atoms with Crippen molar-refractivity contribution in [1.82, 2.24) is 14.9 Å². The van der Waals surface area contributed by atoms with Crippen molar-refractivity contribution < 1.29 is 10.2 Å². The van der Waals surface area contributed by atoms with Crippen LogP contribution in [-0.4, -0.2) is 63.9 Å². The summed E-state index contributed by atoms with van der Waals surface area (Å²) in [6.45, 7) is 8.37. The van der Waals surface area contributed by atoms with Gasteiger partial charge in [0, 0.05) is 38.1 Å². The monoisotopic (exact) mass is 406 g/mol. The molecule has 2 aromatic carbocycles. The van der Waals surface area contributed by atoms with Gasteiger partial charge in [0.05, 0.1) is 17.2 Å². The number of rotatable bonds is 6. The zero-order valence-corrected chi connectivity index (χ0v) is 17.8. The van der Waals surface area contributed by atoms with E-state index in [2.05, 4.69) is 41.8 Å². The van der Waals surface area contributed by atoms with Crippen molar-refractivity contribution in [3.05, 3.63) is 48.0 Å². The summed E-state index contributed by atoms with van der Waals surface area (Å²) in [5.74, 6) is 1.64. The SMILES string of the molecule is CCCC(O)CN1CCN(c2nc(-c3ccccc3O)nc3cc(C)ccc23)CC1. The summed E-state index contributed by atoms with van der Waals surface area (Å²) in [5, 5.41) is 21.5. The number of aromatic nitrogens is 2. The van der Waals surface area contributed by atoms with Crippen LogP contribution in [0.4, 0.5) is 5.82 Å². The summed E-state index contributed by atoms with van der Waals surface area (Å²) in [5.41, 5.74) is 2.67. The molecule has 2 N–H and O–H groups in total. The third-order valence-corrected chi connectivity index (χ3v) is 5.74. The molecule has 0 saturated carbocycles. The molecule has 0 amide bonds. The number of hydrogen-bond donors (Lipinski definition) is 2. The maximum Gasteiger partial charge on any atom is 0.165 e. The van der Waals surface area contributed by atoms with E-state index in [1.54, 1.807) is 12.1 Å². The van der Waals surface area contributed by atoms with E-state index in [1.807, 2.05) is 12.1 Å². The molecule has 1 atom stereocenters. The van der Waals surface area contributed by atoms with Crippen LogP contribution in [-0.2, 0) is 0 Å². The highest BCUT2D eigenvalue weighted by Gasteiger charge is 2.23. The summed E-state index contributed by atoms with van der Waals surface area (Å²) in [4.78, 5) is 14.3. The molecular formula is C24H30N4O2. The highest BCUT2D eigenvalue weighted by Crippen LogP contribution is 2.32. The van der Waals surface area contributed by atoms with Crippen LogP contribution in [0.25, 0.3) is 22.3 Å². The number of phenolic OH excluding ortho intramolecular Hbond substituents is 1. The normalized spacial score (nSPS) is 16.2. The summed E-state index contributed by atoms with van der Waals surface area (Å²) in [6, 6.07) is 13.5. The molecule has 30 heavy (non-hydrogen) atoms. The lowest BCUT2D eigenvalue weighted by molar-refractivity contribution is 0.101. The molecule has 1 aliphatic heterocycles. The molecule has 0 spiro atoms. The van der Waals surface area contributed by atoms with Crippen LogP contribution in [0.15, 0.2) is 42.5 Å². The highest BCUT2D eigenvalue weighted by atomic mass is 16.3. The number of β-amino-alcohol motifs (C(OH)–C–C–N with tert-alkyl or cyclic N) is 1. The lowest BCUT2D eigenvalue weighted by atomic mass is 10.1. The van der Waals surface area contributed by atoms with E-state index in [-0.39, 0.29) is 11.9 Å². The largest absolute Gasteiger partial charge is 0.507 e. The predicted octanol–water partition coefficient (Wildman–Crippen LogP) is 3.59. The molecule has 0 aliphatic carbocycles. The molecule has 3 aromatic rings. The number of aliphatic hydroxyl groups is 1. The summed E-state index contributed by atoms with van der Waals surface area (Å²) in [6.07, 6.45) is 1.60. The molecule has 0 radical (unpaired) electrons. The van der Waals surface area contributed by atoms with Gasteiger partial charge in [-0.2, -0.15) is 0 Å². The first kappa shape index (κ1) is 20.6. The van der Waals surface area contributed by atoms with E-state index in [0.29, 0.717) is 11.4 Å². The van der Waals surface area contributed by atoms with Gasteiger partial charge in [-0.05, 0) is 43.2 Å². The molecule has 0 bridgehead atoms. The smallest absolute Gasteiger partial charge is 0.165 e. The second kappa shape index (κ2) is 8.98. The average molecular weight is 407 g/mol. The van der Waals surface area contributed by atoms with E-state index >= 15 is 0 Å². The van der Waals surface area contributed by atoms with Crippen LogP contribution < -0.4 is 4.90 Å². The zero-order chi connectivity index (χ0) is 21.1. The van der Waals surface area contributed by atoms with E-state index in [4.69, 9.17) is 9.97 Å². The minimum Gasteiger partial charge on any atom is -0.507 e. The van der Waals surface area contributed by atoms with Crippen molar-refractivity contribution >= 4 is 16.7 Å². The number of piperazine rings is 1.